The lowest BCUT2D eigenvalue weighted by Crippen LogP contribution is -2.07. The van der Waals surface area contributed by atoms with Gasteiger partial charge in [-0.25, -0.2) is 9.78 Å². The minimum atomic E-state index is -0.901. The highest BCUT2D eigenvalue weighted by molar-refractivity contribution is 5.90. The molecule has 0 spiro atoms. The van der Waals surface area contributed by atoms with Gasteiger partial charge < -0.3 is 9.67 Å². The average Bonchev–Trinajstić information content (AvgIpc) is 2.54. The molecule has 1 aromatic carbocycles. The fourth-order valence-electron chi connectivity index (χ4n) is 2.23. The van der Waals surface area contributed by atoms with Crippen molar-refractivity contribution in [1.82, 2.24) is 9.55 Å². The Morgan fingerprint density at radius 2 is 1.89 bits per heavy atom. The Morgan fingerprint density at radius 3 is 2.39 bits per heavy atom. The van der Waals surface area contributed by atoms with Crippen molar-refractivity contribution < 1.29 is 9.90 Å². The van der Waals surface area contributed by atoms with Crippen LogP contribution in [0.4, 0.5) is 0 Å². The van der Waals surface area contributed by atoms with E-state index in [0.29, 0.717) is 5.56 Å². The molecule has 1 N–H and O–H groups in total. The van der Waals surface area contributed by atoms with Gasteiger partial charge >= 0.3 is 5.97 Å². The Morgan fingerprint density at radius 1 is 1.22 bits per heavy atom. The SMILES string of the molecule is Cc1nc(C)n(-c2cccc(C(=O)O)c2C)c1C. The maximum atomic E-state index is 11.2. The van der Waals surface area contributed by atoms with E-state index in [1.54, 1.807) is 12.1 Å². The van der Waals surface area contributed by atoms with Crippen LogP contribution in [0.3, 0.4) is 0 Å². The molecule has 0 fully saturated rings. The number of aromatic carboxylic acids is 1. The molecule has 4 heteroatoms. The van der Waals surface area contributed by atoms with E-state index in [1.165, 1.54) is 0 Å². The molecular formula is C14H16N2O2. The average molecular weight is 244 g/mol. The summed E-state index contributed by atoms with van der Waals surface area (Å²) >= 11 is 0. The second-order valence-corrected chi connectivity index (χ2v) is 4.42. The van der Waals surface area contributed by atoms with Gasteiger partial charge in [0.25, 0.3) is 0 Å². The van der Waals surface area contributed by atoms with E-state index in [9.17, 15) is 4.79 Å². The zero-order valence-electron chi connectivity index (χ0n) is 11.0. The Balaban J connectivity index is 2.72. The van der Waals surface area contributed by atoms with Gasteiger partial charge in [-0.1, -0.05) is 6.07 Å². The molecule has 1 heterocycles. The van der Waals surface area contributed by atoms with Crippen molar-refractivity contribution in [2.45, 2.75) is 27.7 Å². The zero-order chi connectivity index (χ0) is 13.4. The zero-order valence-corrected chi connectivity index (χ0v) is 11.0. The Bertz CT molecular complexity index is 627. The number of hydrogen-bond donors (Lipinski definition) is 1. The van der Waals surface area contributed by atoms with E-state index in [-0.39, 0.29) is 0 Å². The highest BCUT2D eigenvalue weighted by Gasteiger charge is 2.15. The number of carboxylic acid groups (broad SMARTS) is 1. The molecule has 0 saturated heterocycles. The van der Waals surface area contributed by atoms with Crippen molar-refractivity contribution in [3.05, 3.63) is 46.5 Å². The first-order valence-electron chi connectivity index (χ1n) is 5.79. The van der Waals surface area contributed by atoms with Gasteiger partial charge in [0.05, 0.1) is 16.9 Å². The number of nitrogens with zero attached hydrogens (tertiary/aromatic N) is 2. The number of rotatable bonds is 2. The van der Waals surface area contributed by atoms with Crippen LogP contribution < -0.4 is 0 Å². The fourth-order valence-corrected chi connectivity index (χ4v) is 2.23. The van der Waals surface area contributed by atoms with Crippen molar-refractivity contribution in [2.75, 3.05) is 0 Å². The minimum absolute atomic E-state index is 0.331. The first-order chi connectivity index (χ1) is 8.43. The Kier molecular flexibility index (Phi) is 2.95. The molecule has 18 heavy (non-hydrogen) atoms. The van der Waals surface area contributed by atoms with Gasteiger partial charge in [-0.2, -0.15) is 0 Å². The highest BCUT2D eigenvalue weighted by atomic mass is 16.4. The van der Waals surface area contributed by atoms with Gasteiger partial charge in [-0.15, -0.1) is 0 Å². The second-order valence-electron chi connectivity index (χ2n) is 4.42. The lowest BCUT2D eigenvalue weighted by molar-refractivity contribution is 0.0696. The molecule has 4 nitrogen and oxygen atoms in total. The van der Waals surface area contributed by atoms with Gasteiger partial charge in [0, 0.05) is 5.69 Å². The Hall–Kier alpha value is -2.10. The summed E-state index contributed by atoms with van der Waals surface area (Å²) in [6.07, 6.45) is 0. The molecular weight excluding hydrogens is 228 g/mol. The van der Waals surface area contributed by atoms with Crippen LogP contribution in [0.15, 0.2) is 18.2 Å². The lowest BCUT2D eigenvalue weighted by Gasteiger charge is -2.13. The topological polar surface area (TPSA) is 55.1 Å². The highest BCUT2D eigenvalue weighted by Crippen LogP contribution is 2.22. The van der Waals surface area contributed by atoms with E-state index in [1.807, 2.05) is 38.3 Å². The number of aromatic nitrogens is 2. The summed E-state index contributed by atoms with van der Waals surface area (Å²) in [6, 6.07) is 5.30. The number of aryl methyl sites for hydroxylation is 2. The largest absolute Gasteiger partial charge is 0.478 e. The molecule has 0 aliphatic heterocycles. The van der Waals surface area contributed by atoms with Crippen LogP contribution in [0.1, 0.15) is 33.1 Å². The van der Waals surface area contributed by atoms with Gasteiger partial charge in [0.15, 0.2) is 0 Å². The summed E-state index contributed by atoms with van der Waals surface area (Å²) in [7, 11) is 0. The van der Waals surface area contributed by atoms with Crippen LogP contribution in [0.2, 0.25) is 0 Å². The van der Waals surface area contributed by atoms with Crippen molar-refractivity contribution in [2.24, 2.45) is 0 Å². The van der Waals surface area contributed by atoms with Crippen LogP contribution in [0.25, 0.3) is 5.69 Å². The predicted molar refractivity (Wildman–Crippen MR) is 69.5 cm³/mol. The third-order valence-corrected chi connectivity index (χ3v) is 3.29. The molecule has 0 amide bonds. The lowest BCUT2D eigenvalue weighted by atomic mass is 10.1. The van der Waals surface area contributed by atoms with Gasteiger partial charge in [0.2, 0.25) is 0 Å². The predicted octanol–water partition coefficient (Wildman–Crippen LogP) is 2.80. The van der Waals surface area contributed by atoms with Crippen LogP contribution in [-0.4, -0.2) is 20.6 Å². The van der Waals surface area contributed by atoms with E-state index in [0.717, 1.165) is 28.5 Å². The monoisotopic (exact) mass is 244 g/mol. The number of hydrogen-bond acceptors (Lipinski definition) is 2. The van der Waals surface area contributed by atoms with E-state index in [4.69, 9.17) is 5.11 Å². The quantitative estimate of drug-likeness (QED) is 0.883. The third-order valence-electron chi connectivity index (χ3n) is 3.29. The third kappa shape index (κ3) is 1.79. The van der Waals surface area contributed by atoms with Gasteiger partial charge in [0.1, 0.15) is 5.82 Å². The van der Waals surface area contributed by atoms with E-state index >= 15 is 0 Å². The molecule has 2 rings (SSSR count). The molecule has 0 aliphatic rings. The molecule has 0 unspecified atom stereocenters. The maximum Gasteiger partial charge on any atom is 0.336 e. The van der Waals surface area contributed by atoms with E-state index in [2.05, 4.69) is 4.98 Å². The van der Waals surface area contributed by atoms with Crippen molar-refractivity contribution >= 4 is 5.97 Å². The van der Waals surface area contributed by atoms with Crippen LogP contribution in [-0.2, 0) is 0 Å². The smallest absolute Gasteiger partial charge is 0.336 e. The molecule has 0 atom stereocenters. The van der Waals surface area contributed by atoms with E-state index < -0.39 is 5.97 Å². The molecule has 0 aliphatic carbocycles. The molecule has 0 saturated carbocycles. The standard InChI is InChI=1S/C14H16N2O2/c1-8-12(14(17)18)6-5-7-13(8)16-10(3)9(2)15-11(16)4/h5-7H,1-4H3,(H,17,18). The summed E-state index contributed by atoms with van der Waals surface area (Å²) in [4.78, 5) is 15.6. The number of benzene rings is 1. The first kappa shape index (κ1) is 12.4. The summed E-state index contributed by atoms with van der Waals surface area (Å²) in [5.41, 5.74) is 3.97. The normalized spacial score (nSPS) is 10.7. The molecule has 2 aromatic rings. The molecule has 94 valence electrons. The minimum Gasteiger partial charge on any atom is -0.478 e. The Labute approximate surface area is 106 Å². The first-order valence-corrected chi connectivity index (χ1v) is 5.79. The number of imidazole rings is 1. The maximum absolute atomic E-state index is 11.2. The molecule has 0 radical (unpaired) electrons. The summed E-state index contributed by atoms with van der Waals surface area (Å²) in [5.74, 6) is -0.0304. The summed E-state index contributed by atoms with van der Waals surface area (Å²) in [5, 5.41) is 9.16. The van der Waals surface area contributed by atoms with Crippen LogP contribution in [0.5, 0.6) is 0 Å². The van der Waals surface area contributed by atoms with Gasteiger partial charge in [-0.05, 0) is 45.4 Å². The summed E-state index contributed by atoms with van der Waals surface area (Å²) in [6.45, 7) is 7.69. The second kappa shape index (κ2) is 4.29. The van der Waals surface area contributed by atoms with Crippen molar-refractivity contribution in [3.63, 3.8) is 0 Å². The molecule has 1 aromatic heterocycles. The van der Waals surface area contributed by atoms with Crippen molar-refractivity contribution in [1.29, 1.82) is 0 Å². The molecule has 0 bridgehead atoms. The fraction of sp³-hybridized carbons (Fsp3) is 0.286. The van der Waals surface area contributed by atoms with Crippen LogP contribution >= 0.6 is 0 Å². The van der Waals surface area contributed by atoms with Crippen LogP contribution in [0, 0.1) is 27.7 Å². The number of carbonyl (C=O) groups is 1. The summed E-state index contributed by atoms with van der Waals surface area (Å²) < 4.78 is 2.00. The number of carboxylic acids is 1. The van der Waals surface area contributed by atoms with Gasteiger partial charge in [-0.3, -0.25) is 0 Å². The van der Waals surface area contributed by atoms with Crippen molar-refractivity contribution in [3.8, 4) is 5.69 Å².